The van der Waals surface area contributed by atoms with Crippen LogP contribution in [0.3, 0.4) is 0 Å². The second kappa shape index (κ2) is 11.6. The number of benzene rings is 2. The molecule has 0 spiro atoms. The predicted octanol–water partition coefficient (Wildman–Crippen LogP) is 8.68. The highest BCUT2D eigenvalue weighted by Crippen LogP contribution is 2.42. The molecule has 2 atom stereocenters. The minimum atomic E-state index is -5.07. The Hall–Kier alpha value is -3.38. The zero-order valence-electron chi connectivity index (χ0n) is 22.6. The van der Waals surface area contributed by atoms with Crippen molar-refractivity contribution >= 4 is 17.7 Å². The Morgan fingerprint density at radius 1 is 0.907 bits per heavy atom. The maximum absolute atomic E-state index is 15.2. The third-order valence-corrected chi connectivity index (χ3v) is 8.25. The molecule has 1 N–H and O–H groups in total. The van der Waals surface area contributed by atoms with E-state index in [9.17, 15) is 36.2 Å². The maximum atomic E-state index is 15.2. The van der Waals surface area contributed by atoms with Crippen LogP contribution in [0.5, 0.6) is 0 Å². The molecule has 3 aromatic rings. The zero-order valence-corrected chi connectivity index (χ0v) is 23.4. The summed E-state index contributed by atoms with van der Waals surface area (Å²) < 4.78 is 101. The second-order valence-corrected chi connectivity index (χ2v) is 11.3. The number of carbonyl (C=O) groups is 1. The van der Waals surface area contributed by atoms with Gasteiger partial charge < -0.3 is 9.84 Å². The highest BCUT2D eigenvalue weighted by atomic mass is 35.5. The summed E-state index contributed by atoms with van der Waals surface area (Å²) in [7, 11) is 0. The van der Waals surface area contributed by atoms with Gasteiger partial charge in [0.15, 0.2) is 0 Å². The van der Waals surface area contributed by atoms with E-state index >= 15 is 4.39 Å². The molecule has 2 fully saturated rings. The molecule has 13 heteroatoms. The van der Waals surface area contributed by atoms with Crippen LogP contribution in [0.15, 0.2) is 48.5 Å². The molecule has 0 radical (unpaired) electrons. The number of alkyl halides is 6. The van der Waals surface area contributed by atoms with Crippen molar-refractivity contribution in [1.29, 1.82) is 0 Å². The van der Waals surface area contributed by atoms with E-state index in [-0.39, 0.29) is 41.0 Å². The molecule has 5 nitrogen and oxygen atoms in total. The van der Waals surface area contributed by atoms with Crippen molar-refractivity contribution in [1.82, 2.24) is 9.88 Å². The number of aliphatic hydroxyl groups excluding tert-OH is 1. The molecule has 1 aliphatic carbocycles. The third-order valence-electron chi connectivity index (χ3n) is 8.04. The molecule has 2 aliphatic rings. The number of carbonyl (C=O) groups excluding carboxylic acids is 1. The summed E-state index contributed by atoms with van der Waals surface area (Å²) in [6, 6.07) is 7.70. The Labute approximate surface area is 247 Å². The number of rotatable bonds is 5. The fourth-order valence-electron chi connectivity index (χ4n) is 5.72. The molecule has 43 heavy (non-hydrogen) atoms. The minimum absolute atomic E-state index is 0.00297. The first-order valence-electron chi connectivity index (χ1n) is 13.5. The molecular weight excluding hydrogens is 605 g/mol. The molecule has 1 amide bonds. The van der Waals surface area contributed by atoms with Gasteiger partial charge in [-0.25, -0.2) is 14.2 Å². The summed E-state index contributed by atoms with van der Waals surface area (Å²) in [5, 5.41) is 9.89. The molecule has 230 valence electrons. The lowest BCUT2D eigenvalue weighted by molar-refractivity contribution is -0.143. The number of cyclic esters (lactones) is 1. The Balaban J connectivity index is 1.47. The molecule has 0 unspecified atom stereocenters. The van der Waals surface area contributed by atoms with E-state index in [0.717, 1.165) is 23.3 Å². The van der Waals surface area contributed by atoms with Crippen LogP contribution in [0.4, 0.5) is 35.5 Å². The number of pyridine rings is 1. The fourth-order valence-corrected chi connectivity index (χ4v) is 5.88. The summed E-state index contributed by atoms with van der Waals surface area (Å²) in [5.74, 6) is -0.460. The number of amides is 1. The van der Waals surface area contributed by atoms with Gasteiger partial charge in [0.05, 0.1) is 35.5 Å². The first-order chi connectivity index (χ1) is 20.1. The van der Waals surface area contributed by atoms with Gasteiger partial charge in [-0.1, -0.05) is 17.7 Å². The van der Waals surface area contributed by atoms with E-state index in [4.69, 9.17) is 16.3 Å². The van der Waals surface area contributed by atoms with Crippen molar-refractivity contribution in [2.24, 2.45) is 0 Å². The average molecular weight is 631 g/mol. The molecule has 5 rings (SSSR count). The van der Waals surface area contributed by atoms with Crippen LogP contribution in [-0.4, -0.2) is 33.2 Å². The molecule has 2 aromatic carbocycles. The number of nitrogens with zero attached hydrogens (tertiary/aromatic N) is 2. The van der Waals surface area contributed by atoms with Gasteiger partial charge in [0.1, 0.15) is 17.1 Å². The van der Waals surface area contributed by atoms with Gasteiger partial charge in [0, 0.05) is 11.1 Å². The molecule has 1 saturated heterocycles. The van der Waals surface area contributed by atoms with E-state index in [1.807, 2.05) is 0 Å². The van der Waals surface area contributed by atoms with E-state index in [1.165, 1.54) is 25.1 Å². The molecule has 1 aliphatic heterocycles. The standard InChI is InChI=1S/C30H26ClF7N2O3/c1-15-27(18-10-19(29(33,34)35)13-20(11-18)30(36,37)38)43-28(42)40(15)14-25-22(7-9-26(31)39-25)23-12-17(4-8-24(23)32)16-2-5-21(41)6-3-16/h4,7-13,15-16,21,27,41H,2-3,5-6,14H2,1H3/t15-,16-,21-,27-/m0/s1. The minimum Gasteiger partial charge on any atom is -0.439 e. The highest BCUT2D eigenvalue weighted by Gasteiger charge is 2.43. The van der Waals surface area contributed by atoms with Crippen LogP contribution >= 0.6 is 11.6 Å². The largest absolute Gasteiger partial charge is 0.439 e. The zero-order chi connectivity index (χ0) is 31.3. The van der Waals surface area contributed by atoms with Crippen LogP contribution in [0.2, 0.25) is 5.15 Å². The molecule has 2 heterocycles. The normalized spacial score (nSPS) is 23.0. The Bertz CT molecular complexity index is 1490. The molecule has 1 aromatic heterocycles. The van der Waals surface area contributed by atoms with Gasteiger partial charge in [-0.15, -0.1) is 0 Å². The lowest BCUT2D eigenvalue weighted by Gasteiger charge is -2.26. The van der Waals surface area contributed by atoms with Crippen molar-refractivity contribution in [2.75, 3.05) is 0 Å². The van der Waals surface area contributed by atoms with E-state index < -0.39 is 53.1 Å². The summed E-state index contributed by atoms with van der Waals surface area (Å²) in [6.07, 6.45) is -10.3. The van der Waals surface area contributed by atoms with Gasteiger partial charge >= 0.3 is 18.4 Å². The number of aromatic nitrogens is 1. The Kier molecular flexibility index (Phi) is 8.38. The third kappa shape index (κ3) is 6.59. The number of hydrogen-bond donors (Lipinski definition) is 1. The first kappa shape index (κ1) is 31.1. The molecular formula is C30H26ClF7N2O3. The topological polar surface area (TPSA) is 62.7 Å². The lowest BCUT2D eigenvalue weighted by Crippen LogP contribution is -2.32. The van der Waals surface area contributed by atoms with Crippen LogP contribution in [0, 0.1) is 5.82 Å². The van der Waals surface area contributed by atoms with E-state index in [2.05, 4.69) is 4.98 Å². The van der Waals surface area contributed by atoms with Crippen molar-refractivity contribution < 1.29 is 45.4 Å². The summed E-state index contributed by atoms with van der Waals surface area (Å²) in [4.78, 5) is 18.3. The smallest absolute Gasteiger partial charge is 0.416 e. The van der Waals surface area contributed by atoms with Gasteiger partial charge in [0.25, 0.3) is 0 Å². The Morgan fingerprint density at radius 3 is 2.14 bits per heavy atom. The van der Waals surface area contributed by atoms with Crippen molar-refractivity contribution in [2.45, 2.75) is 75.7 Å². The summed E-state index contributed by atoms with van der Waals surface area (Å²) in [6.45, 7) is 1.11. The maximum Gasteiger partial charge on any atom is 0.416 e. The average Bonchev–Trinajstić information content (AvgIpc) is 3.21. The number of aliphatic hydroxyl groups is 1. The van der Waals surface area contributed by atoms with Gasteiger partial charge in [-0.3, -0.25) is 4.90 Å². The van der Waals surface area contributed by atoms with Crippen molar-refractivity contribution in [3.8, 4) is 11.1 Å². The van der Waals surface area contributed by atoms with Crippen molar-refractivity contribution in [3.05, 3.63) is 87.4 Å². The fraction of sp³-hybridized carbons (Fsp3) is 0.400. The van der Waals surface area contributed by atoms with Crippen LogP contribution in [-0.2, 0) is 23.6 Å². The van der Waals surface area contributed by atoms with E-state index in [1.54, 1.807) is 12.1 Å². The summed E-state index contributed by atoms with van der Waals surface area (Å²) in [5.41, 5.74) is -2.01. The van der Waals surface area contributed by atoms with Gasteiger partial charge in [-0.2, -0.15) is 26.3 Å². The number of ether oxygens (including phenoxy) is 1. The monoisotopic (exact) mass is 630 g/mol. The first-order valence-corrected chi connectivity index (χ1v) is 13.9. The summed E-state index contributed by atoms with van der Waals surface area (Å²) >= 11 is 6.14. The van der Waals surface area contributed by atoms with Crippen LogP contribution in [0.25, 0.3) is 11.1 Å². The van der Waals surface area contributed by atoms with Gasteiger partial charge in [0.2, 0.25) is 0 Å². The van der Waals surface area contributed by atoms with Crippen LogP contribution < -0.4 is 0 Å². The number of halogens is 8. The van der Waals surface area contributed by atoms with E-state index in [0.29, 0.717) is 30.5 Å². The highest BCUT2D eigenvalue weighted by molar-refractivity contribution is 6.29. The lowest BCUT2D eigenvalue weighted by atomic mass is 9.82. The predicted molar refractivity (Wildman–Crippen MR) is 143 cm³/mol. The second-order valence-electron chi connectivity index (χ2n) is 10.9. The van der Waals surface area contributed by atoms with Gasteiger partial charge in [-0.05, 0) is 92.1 Å². The quantitative estimate of drug-likeness (QED) is 0.226. The SMILES string of the molecule is C[C@H]1[C@@H](c2cc(C(F)(F)F)cc(C(F)(F)F)c2)OC(=O)N1Cc1nc(Cl)ccc1-c1cc([C@H]2CC[C@H](O)CC2)ccc1F. The molecule has 0 bridgehead atoms. The van der Waals surface area contributed by atoms with Crippen LogP contribution in [0.1, 0.15) is 72.6 Å². The number of hydrogen-bond acceptors (Lipinski definition) is 4. The van der Waals surface area contributed by atoms with Crippen molar-refractivity contribution in [3.63, 3.8) is 0 Å². The molecule has 1 saturated carbocycles. The Morgan fingerprint density at radius 2 is 1.53 bits per heavy atom.